The van der Waals surface area contributed by atoms with Crippen molar-refractivity contribution in [3.8, 4) is 0 Å². The van der Waals surface area contributed by atoms with E-state index < -0.39 is 6.09 Å². The maximum absolute atomic E-state index is 10.5. The van der Waals surface area contributed by atoms with Crippen molar-refractivity contribution >= 4 is 24.0 Å². The average Bonchev–Trinajstić information content (AvgIpc) is 2.38. The van der Waals surface area contributed by atoms with E-state index in [2.05, 4.69) is 15.5 Å². The normalized spacial score (nSPS) is 9.83. The molecular formula is C4H6N5O2S. The zero-order valence-electron chi connectivity index (χ0n) is 6.46. The molecule has 8 heteroatoms. The fraction of sp³-hybridized carbons (Fsp3) is 0.500. The maximum atomic E-state index is 10.5. The lowest BCUT2D eigenvalue weighted by atomic mass is 10.9. The molecule has 0 atom stereocenters. The lowest BCUT2D eigenvalue weighted by Crippen LogP contribution is -2.23. The van der Waals surface area contributed by atoms with E-state index >= 15 is 0 Å². The number of amides is 1. The Kier molecular flexibility index (Phi) is 2.48. The predicted octanol–water partition coefficient (Wildman–Crippen LogP) is -0.155. The Hall–Kier alpha value is -1.31. The summed E-state index contributed by atoms with van der Waals surface area (Å²) in [6, 6.07) is 0. The molecule has 1 radical (unpaired) electrons. The molecule has 0 fully saturated rings. The summed E-state index contributed by atoms with van der Waals surface area (Å²) < 4.78 is 2.10. The van der Waals surface area contributed by atoms with Crippen LogP contribution in [0.4, 0.5) is 10.7 Å². The number of carbonyl (C=O) groups excluding carboxylic acids is 1. The Morgan fingerprint density at radius 3 is 2.67 bits per heavy atom. The van der Waals surface area contributed by atoms with Crippen molar-refractivity contribution < 1.29 is 9.90 Å². The molecule has 1 amide bonds. The van der Waals surface area contributed by atoms with Crippen molar-refractivity contribution in [1.29, 1.82) is 0 Å². The molecule has 1 aromatic rings. The van der Waals surface area contributed by atoms with Gasteiger partial charge in [0.25, 0.3) is 5.95 Å². The van der Waals surface area contributed by atoms with Gasteiger partial charge in [-0.25, -0.2) is 14.6 Å². The van der Waals surface area contributed by atoms with E-state index in [1.807, 2.05) is 0 Å². The summed E-state index contributed by atoms with van der Waals surface area (Å²) in [5.74, 6) is 0.127. The smallest absolute Gasteiger partial charge is 0.219 e. The molecule has 1 rings (SSSR count). The van der Waals surface area contributed by atoms with Gasteiger partial charge in [-0.3, -0.25) is 0 Å². The van der Waals surface area contributed by atoms with Gasteiger partial charge in [-0.15, -0.1) is 0 Å². The van der Waals surface area contributed by atoms with Crippen molar-refractivity contribution in [2.24, 2.45) is 7.05 Å². The number of nitrogens with zero attached hydrogens (tertiary/aromatic N) is 5. The molecule has 0 unspecified atom stereocenters. The number of hydrogen-bond acceptors (Lipinski definition) is 5. The van der Waals surface area contributed by atoms with Crippen LogP contribution in [0.2, 0.25) is 0 Å². The molecule has 0 N–H and O–H groups in total. The second-order valence-electron chi connectivity index (χ2n) is 1.85. The molecule has 0 aliphatic heterocycles. The van der Waals surface area contributed by atoms with E-state index in [1.165, 1.54) is 4.68 Å². The Morgan fingerprint density at radius 2 is 2.33 bits per heavy atom. The van der Waals surface area contributed by atoms with Gasteiger partial charge in [-0.2, -0.15) is 4.31 Å². The quantitative estimate of drug-likeness (QED) is 0.602. The maximum Gasteiger partial charge on any atom is 0.470 e. The summed E-state index contributed by atoms with van der Waals surface area (Å²) in [5.41, 5.74) is 0. The van der Waals surface area contributed by atoms with E-state index in [4.69, 9.17) is 0 Å². The van der Waals surface area contributed by atoms with Crippen LogP contribution < -0.4 is 4.31 Å². The fourth-order valence-electron chi connectivity index (χ4n) is 0.635. The molecule has 7 nitrogen and oxygen atoms in total. The summed E-state index contributed by atoms with van der Waals surface area (Å²) in [6.45, 7) is 0. The van der Waals surface area contributed by atoms with Crippen molar-refractivity contribution in [2.75, 3.05) is 10.6 Å². The molecule has 0 spiro atoms. The highest BCUT2D eigenvalue weighted by molar-refractivity contribution is 8.00. The summed E-state index contributed by atoms with van der Waals surface area (Å²) >= 11 is 0.958. The van der Waals surface area contributed by atoms with Crippen LogP contribution in [-0.4, -0.2) is 32.6 Å². The number of anilines is 1. The molecule has 65 valence electrons. The monoisotopic (exact) mass is 188 g/mol. The Bertz CT molecular complexity index is 287. The van der Waals surface area contributed by atoms with Crippen LogP contribution in [0.3, 0.4) is 0 Å². The summed E-state index contributed by atoms with van der Waals surface area (Å²) in [6.07, 6.45) is 0.241. The van der Waals surface area contributed by atoms with Crippen molar-refractivity contribution in [3.63, 3.8) is 0 Å². The molecule has 0 saturated carbocycles. The minimum absolute atomic E-state index is 0.127. The van der Waals surface area contributed by atoms with E-state index in [1.54, 1.807) is 13.3 Å². The van der Waals surface area contributed by atoms with E-state index in [0.717, 1.165) is 16.3 Å². The fourth-order valence-corrected chi connectivity index (χ4v) is 1.10. The number of carbonyl (C=O) groups is 1. The highest BCUT2D eigenvalue weighted by Gasteiger charge is 2.20. The molecule has 0 saturated heterocycles. The molecule has 12 heavy (non-hydrogen) atoms. The number of rotatable bonds is 2. The van der Waals surface area contributed by atoms with Crippen LogP contribution in [0.1, 0.15) is 0 Å². The van der Waals surface area contributed by atoms with Gasteiger partial charge in [-0.05, 0) is 22.4 Å². The molecule has 0 aliphatic rings. The number of tetrazole rings is 1. The first-order chi connectivity index (χ1) is 5.66. The van der Waals surface area contributed by atoms with Crippen LogP contribution in [0.5, 0.6) is 0 Å². The molecule has 1 heterocycles. The van der Waals surface area contributed by atoms with E-state index in [0.29, 0.717) is 0 Å². The minimum Gasteiger partial charge on any atom is -0.219 e. The first kappa shape index (κ1) is 8.78. The van der Waals surface area contributed by atoms with Crippen LogP contribution >= 0.6 is 11.9 Å². The van der Waals surface area contributed by atoms with Gasteiger partial charge in [-0.1, -0.05) is 5.10 Å². The molecule has 0 bridgehead atoms. The Balaban J connectivity index is 2.94. The molecule has 1 aromatic heterocycles. The Labute approximate surface area is 72.5 Å². The summed E-state index contributed by atoms with van der Waals surface area (Å²) in [4.78, 5) is 10.5. The van der Waals surface area contributed by atoms with Gasteiger partial charge in [0, 0.05) is 13.3 Å². The molecule has 0 aromatic carbocycles. The number of hydrogen-bond donors (Lipinski definition) is 0. The first-order valence-corrected chi connectivity index (χ1v) is 4.12. The van der Waals surface area contributed by atoms with Crippen LogP contribution in [0.15, 0.2) is 0 Å². The molecular weight excluding hydrogens is 182 g/mol. The lowest BCUT2D eigenvalue weighted by molar-refractivity contribution is 0.181. The van der Waals surface area contributed by atoms with Crippen molar-refractivity contribution in [2.45, 2.75) is 0 Å². The topological polar surface area (TPSA) is 83.8 Å². The van der Waals surface area contributed by atoms with Gasteiger partial charge >= 0.3 is 6.09 Å². The van der Waals surface area contributed by atoms with Crippen LogP contribution in [0.25, 0.3) is 0 Å². The summed E-state index contributed by atoms with van der Waals surface area (Å²) in [7, 11) is 1.54. The van der Waals surface area contributed by atoms with Gasteiger partial charge in [0.05, 0.1) is 0 Å². The first-order valence-electron chi connectivity index (χ1n) is 2.94. The predicted molar refractivity (Wildman–Crippen MR) is 40.9 cm³/mol. The minimum atomic E-state index is -1.35. The Morgan fingerprint density at radius 1 is 1.67 bits per heavy atom. The third-order valence-corrected chi connectivity index (χ3v) is 1.81. The van der Waals surface area contributed by atoms with E-state index in [9.17, 15) is 9.90 Å². The number of aromatic nitrogens is 4. The SMILES string of the molecule is CSN(C([O])=O)c1nnnn1C. The third kappa shape index (κ3) is 1.47. The highest BCUT2D eigenvalue weighted by Crippen LogP contribution is 2.15. The second kappa shape index (κ2) is 3.39. The lowest BCUT2D eigenvalue weighted by Gasteiger charge is -2.09. The van der Waals surface area contributed by atoms with Gasteiger partial charge < -0.3 is 0 Å². The highest BCUT2D eigenvalue weighted by atomic mass is 32.2. The van der Waals surface area contributed by atoms with Gasteiger partial charge in [0.15, 0.2) is 0 Å². The largest absolute Gasteiger partial charge is 0.470 e. The van der Waals surface area contributed by atoms with Crippen LogP contribution in [-0.2, 0) is 12.2 Å². The summed E-state index contributed by atoms with van der Waals surface area (Å²) in [5, 5.41) is 20.7. The molecule has 0 aliphatic carbocycles. The van der Waals surface area contributed by atoms with Crippen molar-refractivity contribution in [3.05, 3.63) is 0 Å². The average molecular weight is 188 g/mol. The zero-order valence-corrected chi connectivity index (χ0v) is 7.28. The standard InChI is InChI=1S/C4H6N5O2S/c1-8-3(5-6-7-8)9(12-2)4(10)11/h1-2H3. The van der Waals surface area contributed by atoms with Crippen LogP contribution in [0, 0.1) is 0 Å². The third-order valence-electron chi connectivity index (χ3n) is 1.13. The van der Waals surface area contributed by atoms with E-state index in [-0.39, 0.29) is 5.95 Å². The zero-order chi connectivity index (χ0) is 9.14. The number of aryl methyl sites for hydroxylation is 1. The second-order valence-corrected chi connectivity index (χ2v) is 2.58. The van der Waals surface area contributed by atoms with Crippen molar-refractivity contribution in [1.82, 2.24) is 20.2 Å². The van der Waals surface area contributed by atoms with Gasteiger partial charge in [0.2, 0.25) is 0 Å². The van der Waals surface area contributed by atoms with Gasteiger partial charge in [0.1, 0.15) is 0 Å².